The van der Waals surface area contributed by atoms with Crippen LogP contribution in [-0.4, -0.2) is 36.1 Å². The van der Waals surface area contributed by atoms with Gasteiger partial charge in [0.2, 0.25) is 0 Å². The third kappa shape index (κ3) is 10.2. The van der Waals surface area contributed by atoms with Gasteiger partial charge in [-0.05, 0) is 38.3 Å². The predicted molar refractivity (Wildman–Crippen MR) is 113 cm³/mol. The third-order valence-corrected chi connectivity index (χ3v) is 3.14. The minimum absolute atomic E-state index is 0. The van der Waals surface area contributed by atoms with Crippen molar-refractivity contribution < 1.29 is 9.53 Å². The summed E-state index contributed by atoms with van der Waals surface area (Å²) in [5.74, 6) is 0.464. The van der Waals surface area contributed by atoms with Crippen LogP contribution in [-0.2, 0) is 17.8 Å². The number of halogens is 1. The molecule has 3 N–H and O–H groups in total. The number of benzene rings is 1. The molecule has 0 radical (unpaired) electrons. The van der Waals surface area contributed by atoms with Crippen molar-refractivity contribution >= 4 is 36.0 Å². The smallest absolute Gasteiger partial charge is 0.410 e. The lowest BCUT2D eigenvalue weighted by Gasteiger charge is -2.24. The second-order valence-corrected chi connectivity index (χ2v) is 6.78. The second kappa shape index (κ2) is 11.2. The van der Waals surface area contributed by atoms with Crippen molar-refractivity contribution in [1.29, 1.82) is 0 Å². The van der Waals surface area contributed by atoms with Gasteiger partial charge in [-0.25, -0.2) is 9.79 Å². The molecule has 0 unspecified atom stereocenters. The number of nitrogens with two attached hydrogens (primary N) is 1. The van der Waals surface area contributed by atoms with E-state index in [-0.39, 0.29) is 30.1 Å². The van der Waals surface area contributed by atoms with Gasteiger partial charge >= 0.3 is 6.09 Å². The topological polar surface area (TPSA) is 80.0 Å². The summed E-state index contributed by atoms with van der Waals surface area (Å²) in [7, 11) is 1.73. The molecule has 0 saturated carbocycles. The first-order valence-corrected chi connectivity index (χ1v) is 8.27. The first-order chi connectivity index (χ1) is 11.2. The number of nitrogens with one attached hydrogen (secondary N) is 1. The van der Waals surface area contributed by atoms with E-state index in [1.165, 1.54) is 0 Å². The Kier molecular flexibility index (Phi) is 10.5. The molecule has 0 fully saturated rings. The SMILES string of the molecule is CCCNC(N)=NCc1ccc(CN(C)C(=O)OC(C)(C)C)cc1.I. The number of hydrogen-bond acceptors (Lipinski definition) is 3. The zero-order chi connectivity index (χ0) is 18.2. The van der Waals surface area contributed by atoms with Gasteiger partial charge in [0.15, 0.2) is 5.96 Å². The first kappa shape index (κ1) is 23.5. The van der Waals surface area contributed by atoms with Gasteiger partial charge in [0.05, 0.1) is 6.54 Å². The van der Waals surface area contributed by atoms with Crippen LogP contribution in [0.15, 0.2) is 29.3 Å². The molecule has 0 aliphatic carbocycles. The maximum absolute atomic E-state index is 12.0. The number of amides is 1. The van der Waals surface area contributed by atoms with Gasteiger partial charge < -0.3 is 20.7 Å². The third-order valence-electron chi connectivity index (χ3n) is 3.14. The molecule has 1 aromatic rings. The summed E-state index contributed by atoms with van der Waals surface area (Å²) >= 11 is 0. The zero-order valence-electron chi connectivity index (χ0n) is 15.8. The van der Waals surface area contributed by atoms with Crippen LogP contribution in [0.4, 0.5) is 4.79 Å². The summed E-state index contributed by atoms with van der Waals surface area (Å²) in [6.07, 6.45) is 0.682. The van der Waals surface area contributed by atoms with Crippen molar-refractivity contribution in [3.05, 3.63) is 35.4 Å². The van der Waals surface area contributed by atoms with Crippen LogP contribution in [0, 0.1) is 0 Å². The summed E-state index contributed by atoms with van der Waals surface area (Å²) in [6, 6.07) is 7.96. The highest BCUT2D eigenvalue weighted by atomic mass is 127. The fourth-order valence-electron chi connectivity index (χ4n) is 1.91. The van der Waals surface area contributed by atoms with Gasteiger partial charge in [0, 0.05) is 20.1 Å². The predicted octanol–water partition coefficient (Wildman–Crippen LogP) is 3.49. The van der Waals surface area contributed by atoms with Gasteiger partial charge in [-0.1, -0.05) is 31.2 Å². The van der Waals surface area contributed by atoms with Crippen molar-refractivity contribution in [1.82, 2.24) is 10.2 Å². The van der Waals surface area contributed by atoms with Crippen molar-refractivity contribution in [2.45, 2.75) is 52.8 Å². The Bertz CT molecular complexity index is 553. The highest BCUT2D eigenvalue weighted by Crippen LogP contribution is 2.12. The fourth-order valence-corrected chi connectivity index (χ4v) is 1.91. The normalized spacial score (nSPS) is 11.5. The van der Waals surface area contributed by atoms with Gasteiger partial charge in [0.25, 0.3) is 0 Å². The maximum atomic E-state index is 12.0. The van der Waals surface area contributed by atoms with Gasteiger partial charge in [-0.3, -0.25) is 0 Å². The molecule has 0 spiro atoms. The molecule has 0 saturated heterocycles. The average molecular weight is 462 g/mol. The maximum Gasteiger partial charge on any atom is 0.410 e. The van der Waals surface area contributed by atoms with Crippen molar-refractivity contribution in [2.75, 3.05) is 13.6 Å². The lowest BCUT2D eigenvalue weighted by atomic mass is 10.1. The molecule has 0 aliphatic rings. The second-order valence-electron chi connectivity index (χ2n) is 6.78. The summed E-state index contributed by atoms with van der Waals surface area (Å²) in [4.78, 5) is 17.8. The Labute approximate surface area is 168 Å². The Morgan fingerprint density at radius 2 is 1.80 bits per heavy atom. The zero-order valence-corrected chi connectivity index (χ0v) is 18.2. The van der Waals surface area contributed by atoms with Crippen LogP contribution >= 0.6 is 24.0 Å². The first-order valence-electron chi connectivity index (χ1n) is 8.27. The molecule has 142 valence electrons. The minimum Gasteiger partial charge on any atom is -0.444 e. The van der Waals surface area contributed by atoms with E-state index in [0.29, 0.717) is 19.0 Å². The van der Waals surface area contributed by atoms with E-state index in [4.69, 9.17) is 10.5 Å². The number of aliphatic imine (C=N–C) groups is 1. The number of carbonyl (C=O) groups is 1. The van der Waals surface area contributed by atoms with E-state index in [9.17, 15) is 4.79 Å². The molecule has 1 rings (SSSR count). The lowest BCUT2D eigenvalue weighted by Crippen LogP contribution is -2.33. The summed E-state index contributed by atoms with van der Waals surface area (Å²) in [5, 5.41) is 3.04. The highest BCUT2D eigenvalue weighted by molar-refractivity contribution is 14.0. The van der Waals surface area contributed by atoms with Gasteiger partial charge in [-0.15, -0.1) is 24.0 Å². The Hall–Kier alpha value is -1.51. The molecular formula is C18H31IN4O2. The molecule has 25 heavy (non-hydrogen) atoms. The van der Waals surface area contributed by atoms with Crippen LogP contribution < -0.4 is 11.1 Å². The van der Waals surface area contributed by atoms with Crippen LogP contribution in [0.3, 0.4) is 0 Å². The molecule has 0 heterocycles. The van der Waals surface area contributed by atoms with E-state index in [1.807, 2.05) is 45.0 Å². The number of nitrogens with zero attached hydrogens (tertiary/aromatic N) is 2. The Balaban J connectivity index is 0.00000576. The van der Waals surface area contributed by atoms with Crippen molar-refractivity contribution in [2.24, 2.45) is 10.7 Å². The largest absolute Gasteiger partial charge is 0.444 e. The van der Waals surface area contributed by atoms with Gasteiger partial charge in [0.1, 0.15) is 5.60 Å². The molecule has 1 aromatic carbocycles. The van der Waals surface area contributed by atoms with Crippen molar-refractivity contribution in [3.63, 3.8) is 0 Å². The van der Waals surface area contributed by atoms with E-state index in [1.54, 1.807) is 11.9 Å². The van der Waals surface area contributed by atoms with Crippen molar-refractivity contribution in [3.8, 4) is 0 Å². The molecule has 0 aromatic heterocycles. The van der Waals surface area contributed by atoms with E-state index >= 15 is 0 Å². The van der Waals surface area contributed by atoms with Crippen LogP contribution in [0.5, 0.6) is 0 Å². The summed E-state index contributed by atoms with van der Waals surface area (Å²) < 4.78 is 5.34. The highest BCUT2D eigenvalue weighted by Gasteiger charge is 2.19. The summed E-state index contributed by atoms with van der Waals surface area (Å²) in [5.41, 5.74) is 7.39. The number of hydrogen-bond donors (Lipinski definition) is 2. The summed E-state index contributed by atoms with van der Waals surface area (Å²) in [6.45, 7) is 9.50. The molecule has 6 nitrogen and oxygen atoms in total. The minimum atomic E-state index is -0.487. The number of carbonyl (C=O) groups excluding carboxylic acids is 1. The number of rotatable bonds is 6. The molecule has 0 atom stereocenters. The van der Waals surface area contributed by atoms with Crippen LogP contribution in [0.25, 0.3) is 0 Å². The Morgan fingerprint density at radius 1 is 1.24 bits per heavy atom. The molecule has 1 amide bonds. The fraction of sp³-hybridized carbons (Fsp3) is 0.556. The molecular weight excluding hydrogens is 431 g/mol. The molecule has 0 bridgehead atoms. The standard InChI is InChI=1S/C18H30N4O2.HI/c1-6-11-20-16(19)21-12-14-7-9-15(10-8-14)13-22(5)17(23)24-18(2,3)4;/h7-10H,6,11-13H2,1-5H3,(H3,19,20,21);1H. The van der Waals surface area contributed by atoms with Crippen LogP contribution in [0.1, 0.15) is 45.2 Å². The van der Waals surface area contributed by atoms with Crippen LogP contribution in [0.2, 0.25) is 0 Å². The van der Waals surface area contributed by atoms with E-state index in [0.717, 1.165) is 24.1 Å². The van der Waals surface area contributed by atoms with E-state index < -0.39 is 5.60 Å². The molecule has 7 heteroatoms. The quantitative estimate of drug-likeness (QED) is 0.386. The lowest BCUT2D eigenvalue weighted by molar-refractivity contribution is 0.0285. The Morgan fingerprint density at radius 3 is 2.32 bits per heavy atom. The number of ether oxygens (including phenoxy) is 1. The number of guanidine groups is 1. The molecule has 0 aliphatic heterocycles. The van der Waals surface area contributed by atoms with E-state index in [2.05, 4.69) is 17.2 Å². The van der Waals surface area contributed by atoms with Gasteiger partial charge in [-0.2, -0.15) is 0 Å². The monoisotopic (exact) mass is 462 g/mol. The average Bonchev–Trinajstić information content (AvgIpc) is 2.50.